The molecular weight excluding hydrogens is 359 g/mol. The Hall–Kier alpha value is -2.30. The Morgan fingerprint density at radius 2 is 1.56 bits per heavy atom. The van der Waals surface area contributed by atoms with E-state index in [0.29, 0.717) is 40.7 Å². The summed E-state index contributed by atoms with van der Waals surface area (Å²) in [4.78, 5) is 23.9. The lowest BCUT2D eigenvalue weighted by Gasteiger charge is -2.08. The fourth-order valence-electron chi connectivity index (χ4n) is 2.18. The summed E-state index contributed by atoms with van der Waals surface area (Å²) in [6, 6.07) is 11.7. The molecule has 0 aliphatic heterocycles. The molecule has 6 heteroatoms. The van der Waals surface area contributed by atoms with Crippen LogP contribution in [0.3, 0.4) is 0 Å². The number of amides is 2. The molecule has 2 aromatic carbocycles. The third kappa shape index (κ3) is 5.62. The summed E-state index contributed by atoms with van der Waals surface area (Å²) in [6.07, 6.45) is 2.20. The van der Waals surface area contributed by atoms with Crippen LogP contribution in [-0.4, -0.2) is 24.9 Å². The van der Waals surface area contributed by atoms with Crippen molar-refractivity contribution in [3.05, 3.63) is 81.9 Å². The summed E-state index contributed by atoms with van der Waals surface area (Å²) >= 11 is 12.0. The largest absolute Gasteiger partial charge is 0.352 e. The molecule has 2 aromatic rings. The van der Waals surface area contributed by atoms with Crippen molar-refractivity contribution >= 4 is 35.0 Å². The molecule has 0 aliphatic carbocycles. The van der Waals surface area contributed by atoms with Crippen LogP contribution in [0.25, 0.3) is 0 Å². The van der Waals surface area contributed by atoms with Gasteiger partial charge in [-0.25, -0.2) is 0 Å². The average Bonchev–Trinajstić information content (AvgIpc) is 2.61. The summed E-state index contributed by atoms with van der Waals surface area (Å²) < 4.78 is 0. The minimum Gasteiger partial charge on any atom is -0.352 e. The van der Waals surface area contributed by atoms with Crippen molar-refractivity contribution in [3.8, 4) is 0 Å². The summed E-state index contributed by atoms with van der Waals surface area (Å²) in [5.74, 6) is -0.410. The molecule has 0 saturated heterocycles. The zero-order valence-corrected chi connectivity index (χ0v) is 15.0. The third-order valence-electron chi connectivity index (χ3n) is 3.51. The van der Waals surface area contributed by atoms with Crippen molar-refractivity contribution in [2.75, 3.05) is 13.1 Å². The number of rotatable bonds is 7. The predicted octanol–water partition coefficient (Wildman–Crippen LogP) is 3.88. The van der Waals surface area contributed by atoms with Crippen LogP contribution < -0.4 is 10.6 Å². The molecule has 130 valence electrons. The van der Waals surface area contributed by atoms with Crippen LogP contribution in [0.15, 0.2) is 55.1 Å². The number of carbonyl (C=O) groups is 2. The molecule has 0 unspecified atom stereocenters. The lowest BCUT2D eigenvalue weighted by atomic mass is 10.1. The van der Waals surface area contributed by atoms with Gasteiger partial charge in [-0.1, -0.05) is 35.3 Å². The van der Waals surface area contributed by atoms with Gasteiger partial charge in [0.15, 0.2) is 0 Å². The molecule has 0 heterocycles. The number of benzene rings is 2. The second-order valence-electron chi connectivity index (χ2n) is 5.32. The molecule has 0 spiro atoms. The van der Waals surface area contributed by atoms with Crippen molar-refractivity contribution in [1.29, 1.82) is 0 Å². The first kappa shape index (κ1) is 19.0. The van der Waals surface area contributed by atoms with Gasteiger partial charge in [-0.05, 0) is 48.4 Å². The van der Waals surface area contributed by atoms with Gasteiger partial charge < -0.3 is 10.6 Å². The lowest BCUT2D eigenvalue weighted by Crippen LogP contribution is -2.26. The summed E-state index contributed by atoms with van der Waals surface area (Å²) in [6.45, 7) is 4.38. The second kappa shape index (κ2) is 9.25. The topological polar surface area (TPSA) is 58.2 Å². The maximum Gasteiger partial charge on any atom is 0.251 e. The summed E-state index contributed by atoms with van der Waals surface area (Å²) in [5.41, 5.74) is 1.90. The van der Waals surface area contributed by atoms with Crippen LogP contribution in [0, 0.1) is 0 Å². The number of hydrogen-bond acceptors (Lipinski definition) is 2. The Labute approximate surface area is 156 Å². The van der Waals surface area contributed by atoms with E-state index in [9.17, 15) is 9.59 Å². The van der Waals surface area contributed by atoms with Gasteiger partial charge in [0.1, 0.15) is 0 Å². The van der Waals surface area contributed by atoms with E-state index in [1.165, 1.54) is 0 Å². The first-order valence-electron chi connectivity index (χ1n) is 7.72. The molecule has 0 aliphatic rings. The van der Waals surface area contributed by atoms with Gasteiger partial charge in [0.05, 0.1) is 0 Å². The van der Waals surface area contributed by atoms with Gasteiger partial charge in [0, 0.05) is 34.3 Å². The molecule has 0 radical (unpaired) electrons. The fourth-order valence-corrected chi connectivity index (χ4v) is 2.68. The Kier molecular flexibility index (Phi) is 7.04. The van der Waals surface area contributed by atoms with Crippen LogP contribution in [0.5, 0.6) is 0 Å². The zero-order chi connectivity index (χ0) is 18.2. The Morgan fingerprint density at radius 1 is 0.960 bits per heavy atom. The van der Waals surface area contributed by atoms with Gasteiger partial charge in [0.25, 0.3) is 11.8 Å². The quantitative estimate of drug-likeness (QED) is 0.720. The molecule has 0 aromatic heterocycles. The number of carbonyl (C=O) groups excluding carboxylic acids is 2. The van der Waals surface area contributed by atoms with Gasteiger partial charge >= 0.3 is 0 Å². The Bertz CT molecular complexity index is 773. The molecule has 25 heavy (non-hydrogen) atoms. The fraction of sp³-hybridized carbons (Fsp3) is 0.158. The molecule has 2 N–H and O–H groups in total. The maximum absolute atomic E-state index is 12.1. The van der Waals surface area contributed by atoms with Gasteiger partial charge in [-0.3, -0.25) is 9.59 Å². The second-order valence-corrected chi connectivity index (χ2v) is 6.16. The van der Waals surface area contributed by atoms with E-state index in [4.69, 9.17) is 23.2 Å². The van der Waals surface area contributed by atoms with Crippen LogP contribution in [-0.2, 0) is 6.42 Å². The van der Waals surface area contributed by atoms with Crippen molar-refractivity contribution in [2.45, 2.75) is 6.42 Å². The monoisotopic (exact) mass is 376 g/mol. The normalized spacial score (nSPS) is 10.2. The van der Waals surface area contributed by atoms with Crippen molar-refractivity contribution in [3.63, 3.8) is 0 Å². The van der Waals surface area contributed by atoms with E-state index < -0.39 is 0 Å². The Balaban J connectivity index is 1.88. The highest BCUT2D eigenvalue weighted by molar-refractivity contribution is 6.35. The van der Waals surface area contributed by atoms with Gasteiger partial charge in [-0.15, -0.1) is 6.58 Å². The minimum atomic E-state index is -0.205. The van der Waals surface area contributed by atoms with Crippen molar-refractivity contribution < 1.29 is 9.59 Å². The molecule has 4 nitrogen and oxygen atoms in total. The third-order valence-corrected chi connectivity index (χ3v) is 4.10. The first-order valence-corrected chi connectivity index (χ1v) is 8.48. The van der Waals surface area contributed by atoms with Crippen LogP contribution in [0.1, 0.15) is 26.3 Å². The molecule has 0 saturated carbocycles. The minimum absolute atomic E-state index is 0.204. The SMILES string of the molecule is C=CCNC(=O)c1ccc(C(=O)NCCc2ccc(Cl)cc2Cl)cc1. The number of nitrogens with one attached hydrogen (secondary N) is 2. The molecule has 2 rings (SSSR count). The number of halogens is 2. The van der Waals surface area contributed by atoms with E-state index in [-0.39, 0.29) is 11.8 Å². The van der Waals surface area contributed by atoms with Crippen LogP contribution in [0.2, 0.25) is 10.0 Å². The summed E-state index contributed by atoms with van der Waals surface area (Å²) in [5, 5.41) is 6.67. The van der Waals surface area contributed by atoms with Gasteiger partial charge in [0.2, 0.25) is 0 Å². The highest BCUT2D eigenvalue weighted by Crippen LogP contribution is 2.21. The summed E-state index contributed by atoms with van der Waals surface area (Å²) in [7, 11) is 0. The van der Waals surface area contributed by atoms with Crippen LogP contribution in [0.4, 0.5) is 0 Å². The van der Waals surface area contributed by atoms with Crippen molar-refractivity contribution in [1.82, 2.24) is 10.6 Å². The van der Waals surface area contributed by atoms with E-state index >= 15 is 0 Å². The molecule has 0 bridgehead atoms. The maximum atomic E-state index is 12.1. The zero-order valence-electron chi connectivity index (χ0n) is 13.5. The molecular formula is C19H18Cl2N2O2. The van der Waals surface area contributed by atoms with E-state index in [1.807, 2.05) is 6.07 Å². The highest BCUT2D eigenvalue weighted by Gasteiger charge is 2.09. The average molecular weight is 377 g/mol. The van der Waals surface area contributed by atoms with E-state index in [0.717, 1.165) is 5.56 Å². The highest BCUT2D eigenvalue weighted by atomic mass is 35.5. The number of hydrogen-bond donors (Lipinski definition) is 2. The smallest absolute Gasteiger partial charge is 0.251 e. The molecule has 0 fully saturated rings. The van der Waals surface area contributed by atoms with E-state index in [1.54, 1.807) is 42.5 Å². The van der Waals surface area contributed by atoms with Gasteiger partial charge in [-0.2, -0.15) is 0 Å². The Morgan fingerprint density at radius 3 is 2.12 bits per heavy atom. The predicted molar refractivity (Wildman–Crippen MR) is 101 cm³/mol. The van der Waals surface area contributed by atoms with E-state index in [2.05, 4.69) is 17.2 Å². The van der Waals surface area contributed by atoms with Crippen LogP contribution >= 0.6 is 23.2 Å². The lowest BCUT2D eigenvalue weighted by molar-refractivity contribution is 0.0944. The molecule has 0 atom stereocenters. The van der Waals surface area contributed by atoms with Crippen molar-refractivity contribution in [2.24, 2.45) is 0 Å². The first-order chi connectivity index (χ1) is 12.0. The standard InChI is InChI=1S/C19H18Cl2N2O2/c1-2-10-22-18(24)14-3-5-15(6-4-14)19(25)23-11-9-13-7-8-16(20)12-17(13)21/h2-8,12H,1,9-11H2,(H,22,24)(H,23,25). The molecule has 2 amide bonds.